The number of carbonyl (C=O) groups is 2. The minimum absolute atomic E-state index is 0.00476. The Bertz CT molecular complexity index is 1400. The number of hydrogen-bond donors (Lipinski definition) is 0. The van der Waals surface area contributed by atoms with Gasteiger partial charge in [0, 0.05) is 85.3 Å². The van der Waals surface area contributed by atoms with Crippen LogP contribution in [0.5, 0.6) is 0 Å². The van der Waals surface area contributed by atoms with Crippen molar-refractivity contribution < 1.29 is 18.4 Å². The highest BCUT2D eigenvalue weighted by molar-refractivity contribution is 6.31. The third kappa shape index (κ3) is 6.67. The molecule has 2 bridgehead atoms. The minimum atomic E-state index is -2.66. The van der Waals surface area contributed by atoms with Gasteiger partial charge in [-0.15, -0.1) is 0 Å². The number of hydrogen-bond acceptors (Lipinski definition) is 4. The van der Waals surface area contributed by atoms with Gasteiger partial charge < -0.3 is 14.4 Å². The van der Waals surface area contributed by atoms with Crippen molar-refractivity contribution in [2.75, 3.05) is 24.5 Å². The fourth-order valence-corrected chi connectivity index (χ4v) is 8.61. The Hall–Kier alpha value is -2.52. The third-order valence-corrected chi connectivity index (χ3v) is 11.3. The van der Waals surface area contributed by atoms with Crippen LogP contribution in [0.2, 0.25) is 5.02 Å². The number of rotatable bonds is 8. The molecule has 4 aliphatic rings. The molecular formula is C35H48ClF2N5O2. The molecule has 246 valence electrons. The third-order valence-electron chi connectivity index (χ3n) is 10.9. The molecule has 10 heteroatoms. The van der Waals surface area contributed by atoms with Gasteiger partial charge in [0.25, 0.3) is 0 Å². The minimum Gasteiger partial charge on any atom is -0.336 e. The van der Waals surface area contributed by atoms with Crippen LogP contribution in [0.15, 0.2) is 18.2 Å². The number of nitrogens with zero attached hydrogens (tertiary/aromatic N) is 5. The fourth-order valence-electron chi connectivity index (χ4n) is 8.43. The molecule has 0 N–H and O–H groups in total. The Morgan fingerprint density at radius 3 is 2.40 bits per heavy atom. The van der Waals surface area contributed by atoms with Crippen LogP contribution in [0, 0.1) is 25.7 Å². The van der Waals surface area contributed by atoms with Gasteiger partial charge in [-0.25, -0.2) is 13.8 Å². The van der Waals surface area contributed by atoms with Crippen LogP contribution in [-0.2, 0) is 22.6 Å². The van der Waals surface area contributed by atoms with E-state index in [1.54, 1.807) is 0 Å². The van der Waals surface area contributed by atoms with Crippen molar-refractivity contribution >= 4 is 29.1 Å². The van der Waals surface area contributed by atoms with E-state index in [2.05, 4.69) is 16.4 Å². The van der Waals surface area contributed by atoms with E-state index in [1.165, 1.54) is 18.5 Å². The SMILES string of the molecule is Cc1ccc(N(CCCN2C3CCC2CC(n2c(C)nc4c2CCN(C(=O)C(C)C)C4)C3)C(=O)C2CCC(F)(F)CC2)cc1Cl. The molecule has 2 amide bonds. The zero-order valence-corrected chi connectivity index (χ0v) is 28.0. The van der Waals surface area contributed by atoms with Gasteiger partial charge in [-0.1, -0.05) is 31.5 Å². The molecule has 1 aromatic carbocycles. The van der Waals surface area contributed by atoms with Crippen molar-refractivity contribution in [2.45, 2.75) is 122 Å². The molecule has 6 rings (SSSR count). The number of aryl methyl sites for hydroxylation is 2. The first-order valence-corrected chi connectivity index (χ1v) is 17.4. The van der Waals surface area contributed by atoms with Crippen LogP contribution >= 0.6 is 11.6 Å². The second-order valence-electron chi connectivity index (χ2n) is 14.2. The molecule has 1 saturated carbocycles. The second-order valence-corrected chi connectivity index (χ2v) is 14.6. The summed E-state index contributed by atoms with van der Waals surface area (Å²) in [5.41, 5.74) is 4.07. The van der Waals surface area contributed by atoms with Crippen molar-refractivity contribution in [1.82, 2.24) is 19.4 Å². The lowest BCUT2D eigenvalue weighted by molar-refractivity contribution is -0.135. The standard InChI is InChI=1S/C35H48ClF2N5O2/c1-22(2)33(44)40-17-12-32-31(21-40)39-24(4)43(32)29-18-26-8-9-27(19-29)41(26)15-5-16-42(28-7-6-23(3)30(36)20-28)34(45)25-10-13-35(37,38)14-11-25/h6-7,20,22,25-27,29H,5,8-19,21H2,1-4H3. The van der Waals surface area contributed by atoms with E-state index in [0.29, 0.717) is 36.2 Å². The summed E-state index contributed by atoms with van der Waals surface area (Å²) in [6, 6.07) is 7.10. The van der Waals surface area contributed by atoms with Gasteiger partial charge in [0.1, 0.15) is 5.82 Å². The molecular weight excluding hydrogens is 596 g/mol. The summed E-state index contributed by atoms with van der Waals surface area (Å²) < 4.78 is 30.2. The van der Waals surface area contributed by atoms with Crippen molar-refractivity contribution in [3.8, 4) is 0 Å². The van der Waals surface area contributed by atoms with E-state index in [0.717, 1.165) is 61.5 Å². The molecule has 1 aromatic heterocycles. The molecule has 0 spiro atoms. The first-order valence-electron chi connectivity index (χ1n) is 17.0. The Labute approximate surface area is 271 Å². The molecule has 2 atom stereocenters. The Balaban J connectivity index is 1.11. The van der Waals surface area contributed by atoms with Crippen molar-refractivity contribution in [3.05, 3.63) is 46.0 Å². The molecule has 45 heavy (non-hydrogen) atoms. The largest absolute Gasteiger partial charge is 0.336 e. The van der Waals surface area contributed by atoms with Crippen molar-refractivity contribution in [2.24, 2.45) is 11.8 Å². The lowest BCUT2D eigenvalue weighted by Crippen LogP contribution is -2.46. The van der Waals surface area contributed by atoms with Gasteiger partial charge in [-0.3, -0.25) is 14.5 Å². The monoisotopic (exact) mass is 643 g/mol. The molecule has 3 aliphatic heterocycles. The highest BCUT2D eigenvalue weighted by Crippen LogP contribution is 2.43. The Kier molecular flexibility index (Phi) is 9.32. The fraction of sp³-hybridized carbons (Fsp3) is 0.686. The maximum Gasteiger partial charge on any atom is 0.248 e. The van der Waals surface area contributed by atoms with Gasteiger partial charge in [0.05, 0.1) is 12.2 Å². The molecule has 4 heterocycles. The van der Waals surface area contributed by atoms with Crippen LogP contribution in [0.3, 0.4) is 0 Å². The van der Waals surface area contributed by atoms with Gasteiger partial charge in [-0.05, 0) is 76.5 Å². The number of halogens is 3. The zero-order valence-electron chi connectivity index (χ0n) is 27.2. The molecule has 2 unspecified atom stereocenters. The van der Waals surface area contributed by atoms with Crippen LogP contribution in [0.25, 0.3) is 0 Å². The van der Waals surface area contributed by atoms with E-state index >= 15 is 0 Å². The maximum atomic E-state index is 13.9. The number of alkyl halides is 2. The molecule has 3 fully saturated rings. The van der Waals surface area contributed by atoms with Gasteiger partial charge in [0.2, 0.25) is 17.7 Å². The summed E-state index contributed by atoms with van der Waals surface area (Å²) in [5.74, 6) is -1.84. The normalized spacial score (nSPS) is 25.1. The average molecular weight is 644 g/mol. The molecule has 2 aromatic rings. The van der Waals surface area contributed by atoms with Crippen LogP contribution < -0.4 is 4.90 Å². The van der Waals surface area contributed by atoms with E-state index in [9.17, 15) is 18.4 Å². The smallest absolute Gasteiger partial charge is 0.248 e. The first-order chi connectivity index (χ1) is 21.4. The summed E-state index contributed by atoms with van der Waals surface area (Å²) in [5, 5.41) is 0.608. The molecule has 1 aliphatic carbocycles. The average Bonchev–Trinajstić information content (AvgIpc) is 3.45. The summed E-state index contributed by atoms with van der Waals surface area (Å²) in [4.78, 5) is 37.7. The highest BCUT2D eigenvalue weighted by atomic mass is 35.5. The zero-order chi connectivity index (χ0) is 32.0. The van der Waals surface area contributed by atoms with Gasteiger partial charge >= 0.3 is 0 Å². The van der Waals surface area contributed by atoms with Gasteiger partial charge in [0.15, 0.2) is 0 Å². The second kappa shape index (κ2) is 12.9. The number of aromatic nitrogens is 2. The maximum absolute atomic E-state index is 13.9. The number of piperidine rings is 1. The summed E-state index contributed by atoms with van der Waals surface area (Å²) in [6.45, 7) is 10.8. The van der Waals surface area contributed by atoms with E-state index in [-0.39, 0.29) is 49.3 Å². The quantitative estimate of drug-likeness (QED) is 0.308. The van der Waals surface area contributed by atoms with E-state index < -0.39 is 5.92 Å². The number of amides is 2. The predicted molar refractivity (Wildman–Crippen MR) is 173 cm³/mol. The van der Waals surface area contributed by atoms with Crippen LogP contribution in [-0.4, -0.2) is 68.8 Å². The number of fused-ring (bicyclic) bond motifs is 3. The summed E-state index contributed by atoms with van der Waals surface area (Å²) >= 11 is 6.46. The molecule has 0 radical (unpaired) electrons. The van der Waals surface area contributed by atoms with Gasteiger partial charge in [-0.2, -0.15) is 0 Å². The Morgan fingerprint density at radius 1 is 1.07 bits per heavy atom. The summed E-state index contributed by atoms with van der Waals surface area (Å²) in [6.07, 6.45) is 6.21. The van der Waals surface area contributed by atoms with Crippen molar-refractivity contribution in [1.29, 1.82) is 0 Å². The van der Waals surface area contributed by atoms with E-state index in [4.69, 9.17) is 16.6 Å². The van der Waals surface area contributed by atoms with E-state index in [1.807, 2.05) is 48.8 Å². The Morgan fingerprint density at radius 2 is 1.76 bits per heavy atom. The molecule has 7 nitrogen and oxygen atoms in total. The number of imidazole rings is 1. The number of anilines is 1. The highest BCUT2D eigenvalue weighted by Gasteiger charge is 2.43. The lowest BCUT2D eigenvalue weighted by atomic mass is 9.85. The molecule has 2 saturated heterocycles. The topological polar surface area (TPSA) is 61.7 Å². The number of carbonyl (C=O) groups excluding carboxylic acids is 2. The predicted octanol–water partition coefficient (Wildman–Crippen LogP) is 7.11. The van der Waals surface area contributed by atoms with Crippen LogP contribution in [0.1, 0.15) is 100 Å². The number of benzene rings is 1. The first kappa shape index (κ1) is 32.4. The summed E-state index contributed by atoms with van der Waals surface area (Å²) in [7, 11) is 0. The lowest BCUT2D eigenvalue weighted by Gasteiger charge is -2.41. The van der Waals surface area contributed by atoms with Crippen LogP contribution in [0.4, 0.5) is 14.5 Å². The van der Waals surface area contributed by atoms with Crippen molar-refractivity contribution in [3.63, 3.8) is 0 Å².